The Hall–Kier alpha value is -1.14. The molecule has 0 aromatic carbocycles. The number of nitrogens with zero attached hydrogens (tertiary/aromatic N) is 3. The van der Waals surface area contributed by atoms with E-state index in [4.69, 9.17) is 18.9 Å². The molecule has 10 nitrogen and oxygen atoms in total. The van der Waals surface area contributed by atoms with Crippen molar-refractivity contribution in [1.82, 2.24) is 14.7 Å². The van der Waals surface area contributed by atoms with E-state index < -0.39 is 41.4 Å². The first-order valence-corrected chi connectivity index (χ1v) is 17.5. The first-order chi connectivity index (χ1) is 21.1. The van der Waals surface area contributed by atoms with Crippen molar-refractivity contribution in [1.29, 1.82) is 0 Å². The zero-order valence-corrected chi connectivity index (χ0v) is 30.0. The molecule has 0 amide bonds. The van der Waals surface area contributed by atoms with E-state index >= 15 is 0 Å². The molecule has 262 valence electrons. The van der Waals surface area contributed by atoms with Crippen molar-refractivity contribution in [3.8, 4) is 0 Å². The minimum atomic E-state index is -1.39. The zero-order chi connectivity index (χ0) is 33.5. The van der Waals surface area contributed by atoms with Crippen LogP contribution in [0.25, 0.3) is 0 Å². The quantitative estimate of drug-likeness (QED) is 0.280. The standard InChI is InChI=1S/C35H65N3O7/c1-11-38-21-24(2)20-35(7,42-10)31(45-32-29(39)27(22-36(8)9)19-25(3)44-32)26(4)30(40)34(5,6)33(41)43-23-28(38)15-14-18-37-16-12-13-17-37/h24-29,31-32,39H,11-23H2,1-10H3/t24-,25-,26+,27-,28-,29-,31-,32+,35-/m1/s1. The molecule has 3 fully saturated rings. The molecule has 3 aliphatic heterocycles. The predicted octanol–water partition coefficient (Wildman–Crippen LogP) is 3.83. The molecule has 0 aliphatic carbocycles. The number of methoxy groups -OCH3 is 1. The lowest BCUT2D eigenvalue weighted by Crippen LogP contribution is -2.57. The van der Waals surface area contributed by atoms with E-state index in [-0.39, 0.29) is 36.4 Å². The number of carbonyl (C=O) groups is 2. The summed E-state index contributed by atoms with van der Waals surface area (Å²) in [5, 5.41) is 11.4. The number of aliphatic hydroxyl groups is 1. The van der Waals surface area contributed by atoms with Crippen LogP contribution in [0.5, 0.6) is 0 Å². The highest BCUT2D eigenvalue weighted by Crippen LogP contribution is 2.38. The number of hydrogen-bond donors (Lipinski definition) is 1. The van der Waals surface area contributed by atoms with Gasteiger partial charge in [0.1, 0.15) is 18.1 Å². The number of ketones is 1. The molecule has 1 N–H and O–H groups in total. The summed E-state index contributed by atoms with van der Waals surface area (Å²) in [7, 11) is 5.63. The maximum Gasteiger partial charge on any atom is 0.319 e. The van der Waals surface area contributed by atoms with Gasteiger partial charge in [-0.1, -0.05) is 20.8 Å². The van der Waals surface area contributed by atoms with Crippen molar-refractivity contribution < 1.29 is 33.6 Å². The van der Waals surface area contributed by atoms with Crippen molar-refractivity contribution in [2.24, 2.45) is 23.2 Å². The van der Waals surface area contributed by atoms with E-state index in [1.54, 1.807) is 27.9 Å². The Kier molecular flexibility index (Phi) is 14.3. The number of aliphatic hydroxyl groups excluding tert-OH is 1. The van der Waals surface area contributed by atoms with E-state index in [0.717, 1.165) is 32.5 Å². The highest BCUT2D eigenvalue weighted by atomic mass is 16.7. The first-order valence-electron chi connectivity index (χ1n) is 17.5. The summed E-state index contributed by atoms with van der Waals surface area (Å²) in [6.07, 6.45) is 3.13. The van der Waals surface area contributed by atoms with E-state index in [1.165, 1.54) is 25.9 Å². The molecule has 0 saturated carbocycles. The smallest absolute Gasteiger partial charge is 0.319 e. The number of rotatable bonds is 10. The predicted molar refractivity (Wildman–Crippen MR) is 176 cm³/mol. The molecular weight excluding hydrogens is 574 g/mol. The second-order valence-electron chi connectivity index (χ2n) is 15.3. The van der Waals surface area contributed by atoms with Gasteiger partial charge in [0.15, 0.2) is 12.1 Å². The molecule has 10 heteroatoms. The number of esters is 1. The van der Waals surface area contributed by atoms with Crippen LogP contribution in [0.4, 0.5) is 0 Å². The Morgan fingerprint density at radius 3 is 2.36 bits per heavy atom. The molecule has 0 spiro atoms. The van der Waals surface area contributed by atoms with Crippen LogP contribution in [-0.2, 0) is 28.5 Å². The van der Waals surface area contributed by atoms with Gasteiger partial charge in [0.25, 0.3) is 0 Å². The Balaban J connectivity index is 1.92. The molecule has 0 radical (unpaired) electrons. The van der Waals surface area contributed by atoms with Crippen molar-refractivity contribution in [2.45, 2.75) is 123 Å². The fourth-order valence-electron chi connectivity index (χ4n) is 7.95. The average molecular weight is 640 g/mol. The monoisotopic (exact) mass is 639 g/mol. The highest BCUT2D eigenvalue weighted by Gasteiger charge is 2.51. The number of ether oxygens (including phenoxy) is 4. The second-order valence-corrected chi connectivity index (χ2v) is 15.3. The molecule has 45 heavy (non-hydrogen) atoms. The van der Waals surface area contributed by atoms with E-state index in [9.17, 15) is 14.7 Å². The van der Waals surface area contributed by atoms with Crippen LogP contribution in [0.1, 0.15) is 87.0 Å². The number of carbonyl (C=O) groups excluding carboxylic acids is 2. The van der Waals surface area contributed by atoms with Gasteiger partial charge in [0.2, 0.25) is 0 Å². The molecule has 0 unspecified atom stereocenters. The Morgan fingerprint density at radius 1 is 1.09 bits per heavy atom. The normalized spacial score (nSPS) is 38.0. The lowest BCUT2D eigenvalue weighted by molar-refractivity contribution is -0.297. The fraction of sp³-hybridized carbons (Fsp3) is 0.943. The fourth-order valence-corrected chi connectivity index (χ4v) is 7.95. The molecule has 3 saturated heterocycles. The molecule has 3 heterocycles. The van der Waals surface area contributed by atoms with Crippen molar-refractivity contribution in [2.75, 3.05) is 67.1 Å². The SMILES string of the molecule is CCN1C[C@H](C)C[C@@](C)(OC)[C@H](O[C@@H]2O[C@H](C)C[C@H](CN(C)C)[C@H]2O)[C@@H](C)C(=O)C(C)(C)C(=O)OC[C@H]1CCCN1CCCC1. The first kappa shape index (κ1) is 38.3. The lowest BCUT2D eigenvalue weighted by atomic mass is 9.74. The third-order valence-electron chi connectivity index (χ3n) is 10.5. The van der Waals surface area contributed by atoms with Gasteiger partial charge in [-0.15, -0.1) is 0 Å². The molecule has 3 rings (SSSR count). The van der Waals surface area contributed by atoms with Crippen LogP contribution in [0.15, 0.2) is 0 Å². The largest absolute Gasteiger partial charge is 0.463 e. The topological polar surface area (TPSA) is 101 Å². The summed E-state index contributed by atoms with van der Waals surface area (Å²) < 4.78 is 25.1. The second kappa shape index (κ2) is 16.8. The van der Waals surface area contributed by atoms with Crippen molar-refractivity contribution in [3.63, 3.8) is 0 Å². The summed E-state index contributed by atoms with van der Waals surface area (Å²) in [6.45, 7) is 19.4. The molecular formula is C35H65N3O7. The van der Waals surface area contributed by atoms with Crippen LogP contribution in [-0.4, -0.2) is 135 Å². The summed E-state index contributed by atoms with van der Waals surface area (Å²) in [5.74, 6) is -1.38. The van der Waals surface area contributed by atoms with Gasteiger partial charge >= 0.3 is 5.97 Å². The summed E-state index contributed by atoms with van der Waals surface area (Å²) in [6, 6.07) is 0.0647. The third-order valence-corrected chi connectivity index (χ3v) is 10.5. The van der Waals surface area contributed by atoms with E-state index in [0.29, 0.717) is 19.4 Å². The number of likely N-dealkylation sites (N-methyl/N-ethyl adjacent to an activating group) is 1. The molecule has 0 bridgehead atoms. The molecule has 0 aromatic heterocycles. The minimum absolute atomic E-state index is 0.0471. The zero-order valence-electron chi connectivity index (χ0n) is 30.0. The van der Waals surface area contributed by atoms with Crippen LogP contribution in [0, 0.1) is 23.2 Å². The van der Waals surface area contributed by atoms with Gasteiger partial charge in [0, 0.05) is 38.1 Å². The summed E-state index contributed by atoms with van der Waals surface area (Å²) in [5.41, 5.74) is -2.28. The van der Waals surface area contributed by atoms with Crippen LogP contribution in [0.3, 0.4) is 0 Å². The number of likely N-dealkylation sites (tertiary alicyclic amines) is 1. The van der Waals surface area contributed by atoms with Gasteiger partial charge in [0.05, 0.1) is 17.8 Å². The van der Waals surface area contributed by atoms with E-state index in [2.05, 4.69) is 28.5 Å². The average Bonchev–Trinajstić information content (AvgIpc) is 3.50. The van der Waals surface area contributed by atoms with Crippen molar-refractivity contribution >= 4 is 11.8 Å². The maximum atomic E-state index is 14.2. The maximum absolute atomic E-state index is 14.2. The number of cyclic esters (lactones) is 1. The van der Waals surface area contributed by atoms with Crippen molar-refractivity contribution in [3.05, 3.63) is 0 Å². The molecule has 9 atom stereocenters. The van der Waals surface area contributed by atoms with Crippen LogP contribution >= 0.6 is 0 Å². The summed E-state index contributed by atoms with van der Waals surface area (Å²) in [4.78, 5) is 34.9. The number of Topliss-reactive ketones (excluding diaryl/α,β-unsaturated/α-hetero) is 1. The minimum Gasteiger partial charge on any atom is -0.463 e. The third kappa shape index (κ3) is 9.94. The van der Waals surface area contributed by atoms with E-state index in [1.807, 2.05) is 27.9 Å². The lowest BCUT2D eigenvalue weighted by Gasteiger charge is -2.46. The Bertz CT molecular complexity index is 940. The van der Waals surface area contributed by atoms with Crippen LogP contribution < -0.4 is 0 Å². The Morgan fingerprint density at radius 2 is 1.76 bits per heavy atom. The van der Waals surface area contributed by atoms with Crippen LogP contribution in [0.2, 0.25) is 0 Å². The van der Waals surface area contributed by atoms with Gasteiger partial charge in [-0.2, -0.15) is 0 Å². The summed E-state index contributed by atoms with van der Waals surface area (Å²) >= 11 is 0. The number of hydrogen-bond acceptors (Lipinski definition) is 10. The Labute approximate surface area is 273 Å². The highest BCUT2D eigenvalue weighted by molar-refractivity contribution is 6.04. The van der Waals surface area contributed by atoms with Gasteiger partial charge in [-0.25, -0.2) is 0 Å². The van der Waals surface area contributed by atoms with Gasteiger partial charge in [-0.05, 0) is 112 Å². The molecule has 0 aromatic rings. The van der Waals surface area contributed by atoms with Gasteiger partial charge in [-0.3, -0.25) is 14.5 Å². The van der Waals surface area contributed by atoms with Gasteiger partial charge < -0.3 is 33.9 Å². The molecule has 3 aliphatic rings.